The topological polar surface area (TPSA) is 82.8 Å². The van der Waals surface area contributed by atoms with Crippen LogP contribution in [-0.4, -0.2) is 30.0 Å². The number of amides is 2. The first-order chi connectivity index (χ1) is 12.8. The van der Waals surface area contributed by atoms with E-state index in [1.165, 1.54) is 29.2 Å². The normalized spacial score (nSPS) is 18.0. The Morgan fingerprint density at radius 3 is 2.70 bits per heavy atom. The molecule has 144 valence electrons. The Morgan fingerprint density at radius 2 is 2.07 bits per heavy atom. The van der Waals surface area contributed by atoms with Crippen molar-refractivity contribution in [1.29, 1.82) is 0 Å². The second-order valence-electron chi connectivity index (χ2n) is 6.85. The lowest BCUT2D eigenvalue weighted by atomic mass is 10.1. The fourth-order valence-corrected chi connectivity index (χ4v) is 3.37. The maximum Gasteiger partial charge on any atom is 0.227 e. The number of carbonyl (C=O) groups is 2. The van der Waals surface area contributed by atoms with Gasteiger partial charge in [-0.15, -0.1) is 0 Å². The Labute approximate surface area is 157 Å². The Hall–Kier alpha value is -2.67. The molecule has 27 heavy (non-hydrogen) atoms. The Morgan fingerprint density at radius 1 is 1.37 bits per heavy atom. The SMILES string of the molecule is Cc1cc(C(O)CCNC(=O)C2CC(=O)N(c3ccc(F)cc3)C2)c(C)o1. The van der Waals surface area contributed by atoms with E-state index in [9.17, 15) is 19.1 Å². The number of carbonyl (C=O) groups excluding carboxylic acids is 2. The number of halogens is 1. The predicted molar refractivity (Wildman–Crippen MR) is 97.6 cm³/mol. The summed E-state index contributed by atoms with van der Waals surface area (Å²) in [6.45, 7) is 4.16. The van der Waals surface area contributed by atoms with Gasteiger partial charge in [0.2, 0.25) is 11.8 Å². The molecule has 2 unspecified atom stereocenters. The van der Waals surface area contributed by atoms with Crippen molar-refractivity contribution in [3.63, 3.8) is 0 Å². The molecule has 1 aliphatic rings. The van der Waals surface area contributed by atoms with Crippen molar-refractivity contribution in [1.82, 2.24) is 5.32 Å². The molecular weight excluding hydrogens is 351 g/mol. The number of hydrogen-bond acceptors (Lipinski definition) is 4. The molecule has 2 aromatic rings. The minimum Gasteiger partial charge on any atom is -0.466 e. The average molecular weight is 374 g/mol. The molecule has 3 rings (SSSR count). The molecule has 2 atom stereocenters. The summed E-state index contributed by atoms with van der Waals surface area (Å²) >= 11 is 0. The van der Waals surface area contributed by atoms with Crippen LogP contribution in [0, 0.1) is 25.6 Å². The van der Waals surface area contributed by atoms with Crippen molar-refractivity contribution in [2.45, 2.75) is 32.8 Å². The number of aliphatic hydroxyl groups excluding tert-OH is 1. The second kappa shape index (κ2) is 7.92. The zero-order chi connectivity index (χ0) is 19.6. The molecular formula is C20H23FN2O4. The summed E-state index contributed by atoms with van der Waals surface area (Å²) in [4.78, 5) is 26.0. The quantitative estimate of drug-likeness (QED) is 0.814. The lowest BCUT2D eigenvalue weighted by molar-refractivity contribution is -0.126. The first kappa shape index (κ1) is 19.1. The number of nitrogens with one attached hydrogen (secondary N) is 1. The minimum atomic E-state index is -0.719. The lowest BCUT2D eigenvalue weighted by Crippen LogP contribution is -2.34. The molecule has 0 spiro atoms. The molecule has 2 amide bonds. The van der Waals surface area contributed by atoms with Crippen molar-refractivity contribution in [2.75, 3.05) is 18.0 Å². The van der Waals surface area contributed by atoms with Crippen LogP contribution < -0.4 is 10.2 Å². The molecule has 0 saturated carbocycles. The van der Waals surface area contributed by atoms with E-state index < -0.39 is 12.0 Å². The highest BCUT2D eigenvalue weighted by atomic mass is 19.1. The summed E-state index contributed by atoms with van der Waals surface area (Å²) in [5.41, 5.74) is 1.30. The third kappa shape index (κ3) is 4.36. The van der Waals surface area contributed by atoms with Crippen LogP contribution >= 0.6 is 0 Å². The number of nitrogens with zero attached hydrogens (tertiary/aromatic N) is 1. The summed E-state index contributed by atoms with van der Waals surface area (Å²) in [6.07, 6.45) is -0.247. The van der Waals surface area contributed by atoms with Crippen LogP contribution in [0.2, 0.25) is 0 Å². The standard InChI is InChI=1S/C20H23FN2O4/c1-12-9-17(13(2)27-12)18(24)7-8-22-20(26)14-10-19(25)23(11-14)16-5-3-15(21)4-6-16/h3-6,9,14,18,24H,7-8,10-11H2,1-2H3,(H,22,26). The maximum atomic E-state index is 13.0. The van der Waals surface area contributed by atoms with Crippen molar-refractivity contribution in [2.24, 2.45) is 5.92 Å². The molecule has 0 radical (unpaired) electrons. The number of furan rings is 1. The highest BCUT2D eigenvalue weighted by Gasteiger charge is 2.35. The number of hydrogen-bond donors (Lipinski definition) is 2. The zero-order valence-electron chi connectivity index (χ0n) is 15.4. The van der Waals surface area contributed by atoms with E-state index in [0.29, 0.717) is 24.4 Å². The van der Waals surface area contributed by atoms with E-state index in [0.717, 1.165) is 11.3 Å². The van der Waals surface area contributed by atoms with Crippen LogP contribution in [0.5, 0.6) is 0 Å². The summed E-state index contributed by atoms with van der Waals surface area (Å²) in [5, 5.41) is 13.0. The van der Waals surface area contributed by atoms with Crippen molar-refractivity contribution in [3.8, 4) is 0 Å². The zero-order valence-corrected chi connectivity index (χ0v) is 15.4. The highest BCUT2D eigenvalue weighted by molar-refractivity contribution is 6.00. The van der Waals surface area contributed by atoms with E-state index in [1.54, 1.807) is 13.0 Å². The van der Waals surface area contributed by atoms with E-state index in [4.69, 9.17) is 4.42 Å². The van der Waals surface area contributed by atoms with Gasteiger partial charge in [0.05, 0.1) is 12.0 Å². The predicted octanol–water partition coefficient (Wildman–Crippen LogP) is 2.63. The van der Waals surface area contributed by atoms with Gasteiger partial charge in [0.1, 0.15) is 17.3 Å². The van der Waals surface area contributed by atoms with Gasteiger partial charge in [0, 0.05) is 30.8 Å². The van der Waals surface area contributed by atoms with Gasteiger partial charge in [0.15, 0.2) is 0 Å². The maximum absolute atomic E-state index is 13.0. The van der Waals surface area contributed by atoms with Crippen LogP contribution in [0.1, 0.15) is 36.0 Å². The van der Waals surface area contributed by atoms with E-state index >= 15 is 0 Å². The van der Waals surface area contributed by atoms with Gasteiger partial charge >= 0.3 is 0 Å². The first-order valence-electron chi connectivity index (χ1n) is 8.94. The van der Waals surface area contributed by atoms with Crippen molar-refractivity contribution in [3.05, 3.63) is 53.2 Å². The summed E-state index contributed by atoms with van der Waals surface area (Å²) in [6, 6.07) is 7.42. The van der Waals surface area contributed by atoms with Gasteiger partial charge in [-0.1, -0.05) is 0 Å². The monoisotopic (exact) mass is 374 g/mol. The van der Waals surface area contributed by atoms with E-state index in [2.05, 4.69) is 5.32 Å². The largest absolute Gasteiger partial charge is 0.466 e. The molecule has 6 nitrogen and oxygen atoms in total. The third-order valence-electron chi connectivity index (χ3n) is 4.79. The van der Waals surface area contributed by atoms with Gasteiger partial charge in [0.25, 0.3) is 0 Å². The number of aryl methyl sites for hydroxylation is 2. The summed E-state index contributed by atoms with van der Waals surface area (Å²) < 4.78 is 18.4. The molecule has 2 heterocycles. The lowest BCUT2D eigenvalue weighted by Gasteiger charge is -2.17. The van der Waals surface area contributed by atoms with E-state index in [-0.39, 0.29) is 30.6 Å². The molecule has 0 aliphatic carbocycles. The molecule has 1 aromatic heterocycles. The van der Waals surface area contributed by atoms with Crippen LogP contribution in [0.3, 0.4) is 0 Å². The van der Waals surface area contributed by atoms with Crippen molar-refractivity contribution >= 4 is 17.5 Å². The Bertz CT molecular complexity index is 831. The molecule has 1 aromatic carbocycles. The van der Waals surface area contributed by atoms with Gasteiger partial charge < -0.3 is 19.7 Å². The highest BCUT2D eigenvalue weighted by Crippen LogP contribution is 2.26. The van der Waals surface area contributed by atoms with Crippen molar-refractivity contribution < 1.29 is 23.5 Å². The number of rotatable bonds is 6. The smallest absolute Gasteiger partial charge is 0.227 e. The van der Waals surface area contributed by atoms with Gasteiger partial charge in [-0.05, 0) is 50.6 Å². The minimum absolute atomic E-state index is 0.117. The summed E-state index contributed by atoms with van der Waals surface area (Å²) in [7, 11) is 0. The average Bonchev–Trinajstić information content (AvgIpc) is 3.17. The van der Waals surface area contributed by atoms with Crippen LogP contribution in [0.25, 0.3) is 0 Å². The number of anilines is 1. The van der Waals surface area contributed by atoms with Gasteiger partial charge in [-0.3, -0.25) is 9.59 Å². The molecule has 0 bridgehead atoms. The Balaban J connectivity index is 1.51. The molecule has 1 fully saturated rings. The Kier molecular flexibility index (Phi) is 5.60. The fraction of sp³-hybridized carbons (Fsp3) is 0.400. The van der Waals surface area contributed by atoms with Gasteiger partial charge in [-0.2, -0.15) is 0 Å². The second-order valence-corrected chi connectivity index (χ2v) is 6.85. The molecule has 7 heteroatoms. The van der Waals surface area contributed by atoms with Crippen LogP contribution in [0.4, 0.5) is 10.1 Å². The van der Waals surface area contributed by atoms with Crippen LogP contribution in [0.15, 0.2) is 34.7 Å². The van der Waals surface area contributed by atoms with Gasteiger partial charge in [-0.25, -0.2) is 4.39 Å². The summed E-state index contributed by atoms with van der Waals surface area (Å²) in [5.74, 6) is 0.184. The van der Waals surface area contributed by atoms with E-state index in [1.807, 2.05) is 6.92 Å². The molecule has 2 N–H and O–H groups in total. The number of benzene rings is 1. The fourth-order valence-electron chi connectivity index (χ4n) is 3.37. The van der Waals surface area contributed by atoms with Crippen LogP contribution in [-0.2, 0) is 9.59 Å². The third-order valence-corrected chi connectivity index (χ3v) is 4.79. The number of aliphatic hydroxyl groups is 1. The first-order valence-corrected chi connectivity index (χ1v) is 8.94. The molecule has 1 aliphatic heterocycles. The molecule has 1 saturated heterocycles.